The Morgan fingerprint density at radius 1 is 1.28 bits per heavy atom. The highest BCUT2D eigenvalue weighted by molar-refractivity contribution is 7.09. The van der Waals surface area contributed by atoms with Crippen LogP contribution in [0.5, 0.6) is 0 Å². The summed E-state index contributed by atoms with van der Waals surface area (Å²) >= 11 is 1.52. The van der Waals surface area contributed by atoms with Gasteiger partial charge in [-0.15, -0.1) is 11.3 Å². The monoisotopic (exact) mass is 267 g/mol. The van der Waals surface area contributed by atoms with Crippen LogP contribution in [0.4, 0.5) is 0 Å². The van der Waals surface area contributed by atoms with Gasteiger partial charge in [0.25, 0.3) is 0 Å². The van der Waals surface area contributed by atoms with Gasteiger partial charge in [-0.2, -0.15) is 0 Å². The van der Waals surface area contributed by atoms with Crippen LogP contribution < -0.4 is 0 Å². The molecular formula is C12H17N3O2S. The van der Waals surface area contributed by atoms with Crippen molar-refractivity contribution in [2.45, 2.75) is 20.3 Å². The number of amides is 2. The van der Waals surface area contributed by atoms with Gasteiger partial charge >= 0.3 is 0 Å². The fourth-order valence-corrected chi connectivity index (χ4v) is 2.76. The maximum atomic E-state index is 12.0. The fraction of sp³-hybridized carbons (Fsp3) is 0.583. The second-order valence-corrected chi connectivity index (χ2v) is 5.39. The first-order valence-electron chi connectivity index (χ1n) is 6.00. The van der Waals surface area contributed by atoms with E-state index in [4.69, 9.17) is 0 Å². The summed E-state index contributed by atoms with van der Waals surface area (Å²) in [5.74, 6) is 0.185. The summed E-state index contributed by atoms with van der Waals surface area (Å²) in [5, 5.41) is 2.82. The summed E-state index contributed by atoms with van der Waals surface area (Å²) in [6, 6.07) is 0. The van der Waals surface area contributed by atoms with Gasteiger partial charge in [0.2, 0.25) is 11.8 Å². The van der Waals surface area contributed by atoms with Crippen molar-refractivity contribution in [1.29, 1.82) is 0 Å². The van der Waals surface area contributed by atoms with Crippen molar-refractivity contribution in [2.24, 2.45) is 0 Å². The number of aromatic nitrogens is 1. The van der Waals surface area contributed by atoms with Gasteiger partial charge in [-0.05, 0) is 6.92 Å². The number of piperazine rings is 1. The number of rotatable bonds is 2. The molecule has 0 aromatic carbocycles. The fourth-order valence-electron chi connectivity index (χ4n) is 2.00. The number of thiazole rings is 1. The van der Waals surface area contributed by atoms with Crippen LogP contribution in [0.15, 0.2) is 5.38 Å². The van der Waals surface area contributed by atoms with E-state index in [2.05, 4.69) is 4.98 Å². The van der Waals surface area contributed by atoms with E-state index in [1.807, 2.05) is 17.2 Å². The SMILES string of the molecule is CC(=O)N1CCN(C(=O)Cc2nc(C)cs2)CC1. The highest BCUT2D eigenvalue weighted by Crippen LogP contribution is 2.11. The van der Waals surface area contributed by atoms with Crippen LogP contribution >= 0.6 is 11.3 Å². The Morgan fingerprint density at radius 3 is 2.39 bits per heavy atom. The zero-order chi connectivity index (χ0) is 13.1. The quantitative estimate of drug-likeness (QED) is 0.792. The number of carbonyl (C=O) groups is 2. The van der Waals surface area contributed by atoms with Crippen LogP contribution in [-0.2, 0) is 16.0 Å². The number of hydrogen-bond donors (Lipinski definition) is 0. The standard InChI is InChI=1S/C12H17N3O2S/c1-9-8-18-11(13-9)7-12(17)15-5-3-14(4-6-15)10(2)16/h8H,3-7H2,1-2H3. The lowest BCUT2D eigenvalue weighted by Gasteiger charge is -2.34. The summed E-state index contributed by atoms with van der Waals surface area (Å²) in [7, 11) is 0. The van der Waals surface area contributed by atoms with Gasteiger partial charge in [-0.3, -0.25) is 9.59 Å². The predicted octanol–water partition coefficient (Wildman–Crippen LogP) is 0.685. The Hall–Kier alpha value is -1.43. The summed E-state index contributed by atoms with van der Waals surface area (Å²) in [4.78, 5) is 31.1. The van der Waals surface area contributed by atoms with E-state index in [0.29, 0.717) is 32.6 Å². The molecule has 1 aromatic heterocycles. The average Bonchev–Trinajstić information content (AvgIpc) is 2.75. The van der Waals surface area contributed by atoms with Gasteiger partial charge in [-0.25, -0.2) is 4.98 Å². The van der Waals surface area contributed by atoms with Gasteiger partial charge in [0, 0.05) is 44.2 Å². The summed E-state index contributed by atoms with van der Waals surface area (Å²) in [6.45, 7) is 6.02. The van der Waals surface area contributed by atoms with Crippen LogP contribution in [0.2, 0.25) is 0 Å². The molecule has 0 unspecified atom stereocenters. The molecule has 0 N–H and O–H groups in total. The van der Waals surface area contributed by atoms with Crippen LogP contribution in [0.1, 0.15) is 17.6 Å². The molecule has 1 aliphatic heterocycles. The van der Waals surface area contributed by atoms with Crippen LogP contribution in [0.3, 0.4) is 0 Å². The molecule has 0 atom stereocenters. The lowest BCUT2D eigenvalue weighted by Crippen LogP contribution is -2.50. The lowest BCUT2D eigenvalue weighted by molar-refractivity contribution is -0.138. The highest BCUT2D eigenvalue weighted by Gasteiger charge is 2.22. The molecule has 0 radical (unpaired) electrons. The molecular weight excluding hydrogens is 250 g/mol. The Bertz CT molecular complexity index is 450. The first-order valence-corrected chi connectivity index (χ1v) is 6.88. The third kappa shape index (κ3) is 3.07. The van der Waals surface area contributed by atoms with Crippen LogP contribution in [-0.4, -0.2) is 52.8 Å². The van der Waals surface area contributed by atoms with Crippen molar-refractivity contribution in [2.75, 3.05) is 26.2 Å². The molecule has 2 rings (SSSR count). The summed E-state index contributed by atoms with van der Waals surface area (Å²) in [5.41, 5.74) is 0.962. The zero-order valence-electron chi connectivity index (χ0n) is 10.7. The second kappa shape index (κ2) is 5.48. The smallest absolute Gasteiger partial charge is 0.229 e. The third-order valence-electron chi connectivity index (χ3n) is 3.05. The molecule has 1 fully saturated rings. The molecule has 0 bridgehead atoms. The van der Waals surface area contributed by atoms with Crippen molar-refractivity contribution >= 4 is 23.2 Å². The molecule has 1 aromatic rings. The Morgan fingerprint density at radius 2 is 1.89 bits per heavy atom. The molecule has 2 amide bonds. The first-order chi connectivity index (χ1) is 8.56. The van der Waals surface area contributed by atoms with Gasteiger partial charge in [0.15, 0.2) is 0 Å². The largest absolute Gasteiger partial charge is 0.339 e. The van der Waals surface area contributed by atoms with Crippen molar-refractivity contribution in [3.63, 3.8) is 0 Å². The van der Waals surface area contributed by atoms with Crippen LogP contribution in [0.25, 0.3) is 0 Å². The molecule has 1 aliphatic rings. The second-order valence-electron chi connectivity index (χ2n) is 4.45. The first kappa shape index (κ1) is 13.0. The maximum absolute atomic E-state index is 12.0. The molecule has 1 saturated heterocycles. The van der Waals surface area contributed by atoms with E-state index < -0.39 is 0 Å². The minimum absolute atomic E-state index is 0.0812. The van der Waals surface area contributed by atoms with Crippen LogP contribution in [0, 0.1) is 6.92 Å². The van der Waals surface area contributed by atoms with Gasteiger partial charge in [0.05, 0.1) is 6.42 Å². The van der Waals surface area contributed by atoms with E-state index in [0.717, 1.165) is 10.7 Å². The molecule has 5 nitrogen and oxygen atoms in total. The van der Waals surface area contributed by atoms with E-state index >= 15 is 0 Å². The highest BCUT2D eigenvalue weighted by atomic mass is 32.1. The Labute approximate surface area is 110 Å². The molecule has 6 heteroatoms. The van der Waals surface area contributed by atoms with Crippen molar-refractivity contribution in [3.8, 4) is 0 Å². The Kier molecular flexibility index (Phi) is 3.96. The third-order valence-corrected chi connectivity index (χ3v) is 4.01. The zero-order valence-corrected chi connectivity index (χ0v) is 11.5. The number of hydrogen-bond acceptors (Lipinski definition) is 4. The molecule has 2 heterocycles. The van der Waals surface area contributed by atoms with Crippen molar-refractivity contribution in [3.05, 3.63) is 16.1 Å². The van der Waals surface area contributed by atoms with E-state index in [1.54, 1.807) is 11.8 Å². The molecule has 0 aliphatic carbocycles. The topological polar surface area (TPSA) is 53.5 Å². The van der Waals surface area contributed by atoms with E-state index in [9.17, 15) is 9.59 Å². The molecule has 98 valence electrons. The summed E-state index contributed by atoms with van der Waals surface area (Å²) < 4.78 is 0. The number of nitrogens with zero attached hydrogens (tertiary/aromatic N) is 3. The van der Waals surface area contributed by atoms with E-state index in [-0.39, 0.29) is 11.8 Å². The minimum atomic E-state index is 0.0812. The lowest BCUT2D eigenvalue weighted by atomic mass is 10.3. The predicted molar refractivity (Wildman–Crippen MR) is 69.4 cm³/mol. The normalized spacial score (nSPS) is 15.9. The number of carbonyl (C=O) groups excluding carboxylic acids is 2. The average molecular weight is 267 g/mol. The molecule has 0 saturated carbocycles. The molecule has 0 spiro atoms. The van der Waals surface area contributed by atoms with E-state index in [1.165, 1.54) is 11.3 Å². The molecule has 18 heavy (non-hydrogen) atoms. The van der Waals surface area contributed by atoms with Gasteiger partial charge < -0.3 is 9.80 Å². The summed E-state index contributed by atoms with van der Waals surface area (Å²) in [6.07, 6.45) is 0.374. The minimum Gasteiger partial charge on any atom is -0.339 e. The van der Waals surface area contributed by atoms with Crippen molar-refractivity contribution in [1.82, 2.24) is 14.8 Å². The van der Waals surface area contributed by atoms with Gasteiger partial charge in [0.1, 0.15) is 5.01 Å². The van der Waals surface area contributed by atoms with Crippen molar-refractivity contribution < 1.29 is 9.59 Å². The number of aryl methyl sites for hydroxylation is 1. The van der Waals surface area contributed by atoms with Gasteiger partial charge in [-0.1, -0.05) is 0 Å². The maximum Gasteiger partial charge on any atom is 0.229 e. The Balaban J connectivity index is 1.86.